The van der Waals surface area contributed by atoms with Crippen LogP contribution in [0.3, 0.4) is 0 Å². The number of ether oxygens (including phenoxy) is 4. The molecule has 6 heterocycles. The zero-order chi connectivity index (χ0) is 73.4. The van der Waals surface area contributed by atoms with Crippen molar-refractivity contribution in [3.8, 4) is 12.2 Å². The van der Waals surface area contributed by atoms with Crippen LogP contribution in [0.15, 0.2) is 69.5 Å². The minimum Gasteiger partial charge on any atom is -0.479 e. The number of primary sulfonamides is 1. The number of oxazole rings is 2. The summed E-state index contributed by atoms with van der Waals surface area (Å²) >= 11 is 12.2. The maximum Gasteiger partial charge on any atom is 0.408 e. The van der Waals surface area contributed by atoms with Gasteiger partial charge < -0.3 is 64.0 Å². The third-order valence-corrected chi connectivity index (χ3v) is 23.7. The molecule has 0 spiro atoms. The normalized spacial score (nSPS) is 28.7. The molecule has 29 nitrogen and oxygen atoms in total. The molecule has 8 N–H and O–H groups in total. The molecule has 101 heavy (non-hydrogen) atoms. The highest BCUT2D eigenvalue weighted by atomic mass is 35.5. The standard InChI is InChI=1S/C34H44ClN5O9S.C30H37ClN4O8.C4H9NO2S/c1-32(2,3)49-30(44)36-23-11-9-7-5-6-8-10-20-18-34(20,29(43)39-50(45,46)33(4)14-15-33)38-27(41)25-17-22(19-40(25)28(23)42)47-31-37-24-16-21(35)12-13-26(24)48-31;1-29(2,3)43-27(40)32-20-10-8-6-4-5-7-9-17-15-30(17,26(38)39)34-24(36)22-14-19(16-35(22)25(20)37)41-28-33-21-13-18(31)11-12-23(21)42-28;1-4(2-3-4)8(5,6)7/h8,10,12-13,16,20,22-23,25H,5-7,9,11,14-15,17-19H2,1-4H3,(H,36,44)(H,38,41)(H,39,43);7,9,11-13,17,19-20,22H,4-6,8,10,14-16H2,1-3H3,(H,32,40)(H,34,36)(H,38,39);2-3H2,1H3,(H2,5,6,7)/b10-8-;9-7-;/t20-,22-,23+,25+,34-;17-,19-,20+,22+,30-;/m11./s1. The second-order valence-electron chi connectivity index (χ2n) is 29.9. The monoisotopic (exact) mass is 1480 g/mol. The van der Waals surface area contributed by atoms with Gasteiger partial charge in [-0.15, -0.1) is 0 Å². The number of allylic oxidation sites excluding steroid dienone is 2. The molecule has 4 aromatic rings. The fraction of sp³-hybridized carbons (Fsp3) is 0.618. The molecule has 2 aromatic heterocycles. The number of rotatable bonds is 11. The van der Waals surface area contributed by atoms with Crippen molar-refractivity contribution in [1.82, 2.24) is 45.8 Å². The average molecular weight is 1490 g/mol. The number of carbonyl (C=O) groups excluding carboxylic acids is 7. The number of benzene rings is 2. The van der Waals surface area contributed by atoms with Gasteiger partial charge in [0.15, 0.2) is 11.2 Å². The number of hydrogen-bond acceptors (Lipinski definition) is 20. The molecular weight excluding hydrogens is 1400 g/mol. The number of nitrogens with one attached hydrogen (secondary N) is 5. The summed E-state index contributed by atoms with van der Waals surface area (Å²) in [7, 11) is -7.21. The van der Waals surface area contributed by atoms with E-state index in [2.05, 4.69) is 36.0 Å². The second-order valence-corrected chi connectivity index (χ2v) is 35.0. The molecule has 552 valence electrons. The molecule has 2 saturated heterocycles. The highest BCUT2D eigenvalue weighted by Gasteiger charge is 2.64. The van der Waals surface area contributed by atoms with Crippen LogP contribution < -0.4 is 40.6 Å². The summed E-state index contributed by atoms with van der Waals surface area (Å²) in [4.78, 5) is 119. The van der Waals surface area contributed by atoms with Gasteiger partial charge in [-0.25, -0.2) is 36.4 Å². The lowest BCUT2D eigenvalue weighted by molar-refractivity contribution is -0.145. The quantitative estimate of drug-likeness (QED) is 0.0696. The van der Waals surface area contributed by atoms with Gasteiger partial charge >= 0.3 is 30.3 Å². The van der Waals surface area contributed by atoms with E-state index in [1.807, 2.05) is 24.3 Å². The molecule has 6 fully saturated rings. The first-order valence-electron chi connectivity index (χ1n) is 34.1. The van der Waals surface area contributed by atoms with Crippen molar-refractivity contribution in [3.63, 3.8) is 0 Å². The first kappa shape index (κ1) is 75.9. The van der Waals surface area contributed by atoms with E-state index >= 15 is 0 Å². The summed E-state index contributed by atoms with van der Waals surface area (Å²) in [5, 5.41) is 26.8. The van der Waals surface area contributed by atoms with Crippen LogP contribution in [-0.2, 0) is 58.3 Å². The van der Waals surface area contributed by atoms with E-state index in [4.69, 9.17) is 56.1 Å². The number of halogens is 2. The number of aliphatic carboxylic acids is 1. The lowest BCUT2D eigenvalue weighted by Crippen LogP contribution is -2.58. The molecule has 0 radical (unpaired) electrons. The van der Waals surface area contributed by atoms with E-state index in [0.717, 1.165) is 44.9 Å². The Balaban J connectivity index is 0.000000197. The molecule has 4 aliphatic heterocycles. The van der Waals surface area contributed by atoms with Crippen LogP contribution >= 0.6 is 23.2 Å². The number of nitrogens with two attached hydrogens (primary N) is 1. The number of hydrogen-bond donors (Lipinski definition) is 7. The summed E-state index contributed by atoms with van der Waals surface area (Å²) < 4.78 is 82.1. The van der Waals surface area contributed by atoms with E-state index < -0.39 is 142 Å². The Labute approximate surface area is 595 Å². The number of nitrogens with zero attached hydrogens (tertiary/aromatic N) is 4. The Morgan fingerprint density at radius 2 is 1.05 bits per heavy atom. The van der Waals surface area contributed by atoms with E-state index in [-0.39, 0.29) is 56.8 Å². The van der Waals surface area contributed by atoms with Gasteiger partial charge in [-0.2, -0.15) is 9.97 Å². The van der Waals surface area contributed by atoms with Gasteiger partial charge in [0, 0.05) is 34.7 Å². The molecule has 12 rings (SSSR count). The Morgan fingerprint density at radius 3 is 1.45 bits per heavy atom. The SMILES string of the molecule is CC(C)(C)OC(=O)N[C@H]1CCCCC/C=C\[C@@H]2C[C@@]2(C(=O)NS(=O)(=O)C2(C)CC2)NC(=O)[C@@H]2C[C@@H](Oc3nc4cc(Cl)ccc4o3)CN2C1=O.CC(C)(C)OC(=O)N[C@H]1CCCCC/C=C\[C@@H]2C[C@@]2(C(=O)O)NC(=O)[C@@H]2C[C@@H](Oc3nc4cc(Cl)ccc4o3)CN2C1=O.CC1(S(N)(=O)=O)CC1. The van der Waals surface area contributed by atoms with Gasteiger partial charge in [-0.3, -0.25) is 28.7 Å². The number of aromatic nitrogens is 2. The summed E-state index contributed by atoms with van der Waals surface area (Å²) in [5.74, 6) is -4.97. The maximum atomic E-state index is 14.3. The van der Waals surface area contributed by atoms with Crippen molar-refractivity contribution in [2.75, 3.05) is 13.1 Å². The van der Waals surface area contributed by atoms with Crippen molar-refractivity contribution >= 4 is 113 Å². The summed E-state index contributed by atoms with van der Waals surface area (Å²) in [6, 6.07) is 5.70. The molecule has 4 saturated carbocycles. The van der Waals surface area contributed by atoms with E-state index in [0.29, 0.717) is 77.2 Å². The van der Waals surface area contributed by atoms with Crippen molar-refractivity contribution in [3.05, 3.63) is 70.7 Å². The first-order valence-corrected chi connectivity index (χ1v) is 37.9. The molecule has 2 aromatic carbocycles. The van der Waals surface area contributed by atoms with Crippen molar-refractivity contribution in [2.45, 2.75) is 239 Å². The van der Waals surface area contributed by atoms with Gasteiger partial charge in [-0.05, 0) is 169 Å². The first-order chi connectivity index (χ1) is 47.3. The van der Waals surface area contributed by atoms with Crippen LogP contribution in [0.4, 0.5) is 9.59 Å². The Hall–Kier alpha value is -7.74. The predicted molar refractivity (Wildman–Crippen MR) is 369 cm³/mol. The van der Waals surface area contributed by atoms with Crippen LogP contribution in [0.2, 0.25) is 10.0 Å². The summed E-state index contributed by atoms with van der Waals surface area (Å²) in [6.45, 7) is 13.5. The van der Waals surface area contributed by atoms with Crippen LogP contribution in [0, 0.1) is 11.8 Å². The third-order valence-electron chi connectivity index (χ3n) is 19.3. The zero-order valence-corrected chi connectivity index (χ0v) is 60.9. The molecular formula is C68H90Cl2N10O19S2. The van der Waals surface area contributed by atoms with Crippen molar-refractivity contribution in [1.29, 1.82) is 0 Å². The zero-order valence-electron chi connectivity index (χ0n) is 57.8. The predicted octanol–water partition coefficient (Wildman–Crippen LogP) is 8.15. The number of carboxylic acids is 1. The number of carboxylic acid groups (broad SMARTS) is 1. The molecule has 0 bridgehead atoms. The van der Waals surface area contributed by atoms with Crippen LogP contribution in [0.5, 0.6) is 12.2 Å². The van der Waals surface area contributed by atoms with E-state index in [1.54, 1.807) is 91.8 Å². The highest BCUT2D eigenvalue weighted by molar-refractivity contribution is 7.91. The van der Waals surface area contributed by atoms with Crippen LogP contribution in [0.1, 0.15) is 171 Å². The van der Waals surface area contributed by atoms with Crippen molar-refractivity contribution < 1.29 is 88.1 Å². The fourth-order valence-corrected chi connectivity index (χ4v) is 14.9. The number of carbonyl (C=O) groups is 8. The largest absolute Gasteiger partial charge is 0.479 e. The van der Waals surface area contributed by atoms with Gasteiger partial charge in [0.25, 0.3) is 5.91 Å². The molecule has 33 heteroatoms. The fourth-order valence-electron chi connectivity index (χ4n) is 12.6. The third kappa shape index (κ3) is 18.6. The van der Waals surface area contributed by atoms with E-state index in [1.165, 1.54) is 9.80 Å². The van der Waals surface area contributed by atoms with Crippen LogP contribution in [0.25, 0.3) is 22.2 Å². The van der Waals surface area contributed by atoms with Gasteiger partial charge in [-0.1, -0.05) is 73.2 Å². The lowest BCUT2D eigenvalue weighted by Gasteiger charge is -2.30. The number of fused-ring (bicyclic) bond motifs is 6. The topological polar surface area (TPSA) is 407 Å². The number of alkyl carbamates (subject to hydrolysis) is 2. The maximum absolute atomic E-state index is 14.3. The summed E-state index contributed by atoms with van der Waals surface area (Å²) in [6.07, 6.45) is 13.9. The van der Waals surface area contributed by atoms with Crippen molar-refractivity contribution in [2.24, 2.45) is 17.0 Å². The summed E-state index contributed by atoms with van der Waals surface area (Å²) in [5.41, 5.74) is -2.69. The lowest BCUT2D eigenvalue weighted by atomic mass is 10.0. The molecule has 0 unspecified atom stereocenters. The molecule has 10 atom stereocenters. The van der Waals surface area contributed by atoms with Gasteiger partial charge in [0.1, 0.15) is 69.7 Å². The van der Waals surface area contributed by atoms with E-state index in [9.17, 15) is 60.3 Å². The minimum atomic E-state index is -3.98. The Kier molecular flexibility index (Phi) is 22.2. The van der Waals surface area contributed by atoms with Gasteiger partial charge in [0.2, 0.25) is 43.7 Å². The Morgan fingerprint density at radius 1 is 0.634 bits per heavy atom. The minimum absolute atomic E-state index is 0.00475. The van der Waals surface area contributed by atoms with Crippen LogP contribution in [-0.4, -0.2) is 171 Å². The average Bonchev–Trinajstić information content (AvgIpc) is 1.57. The Bertz CT molecular complexity index is 4140. The smallest absolute Gasteiger partial charge is 0.408 e. The molecule has 8 aliphatic rings. The molecule has 7 amide bonds. The molecule has 4 aliphatic carbocycles. The highest BCUT2D eigenvalue weighted by Crippen LogP contribution is 2.49. The van der Waals surface area contributed by atoms with Gasteiger partial charge in [0.05, 0.1) is 22.6 Å². The number of sulfonamides is 2. The number of amides is 7. The second kappa shape index (κ2) is 29.5.